The van der Waals surface area contributed by atoms with E-state index in [1.165, 1.54) is 12.1 Å². The molecule has 0 saturated heterocycles. The van der Waals surface area contributed by atoms with Crippen molar-refractivity contribution in [3.8, 4) is 11.5 Å². The minimum atomic E-state index is -0.697. The van der Waals surface area contributed by atoms with Crippen molar-refractivity contribution in [3.05, 3.63) is 98.1 Å². The van der Waals surface area contributed by atoms with Gasteiger partial charge in [-0.1, -0.05) is 30.3 Å². The van der Waals surface area contributed by atoms with Crippen LogP contribution in [0.2, 0.25) is 0 Å². The van der Waals surface area contributed by atoms with Gasteiger partial charge in [0.2, 0.25) is 0 Å². The van der Waals surface area contributed by atoms with Gasteiger partial charge >= 0.3 is 5.69 Å². The molecule has 0 amide bonds. The lowest BCUT2D eigenvalue weighted by Gasteiger charge is -2.19. The molecule has 0 fully saturated rings. The van der Waals surface area contributed by atoms with E-state index in [0.717, 1.165) is 11.6 Å². The molecule has 1 N–H and O–H groups in total. The van der Waals surface area contributed by atoms with Crippen molar-refractivity contribution >= 4 is 22.8 Å². The monoisotopic (exact) mass is 420 g/mol. The lowest BCUT2D eigenvalue weighted by Crippen LogP contribution is -2.16. The topological polar surface area (TPSA) is 129 Å². The predicted octanol–water partition coefficient (Wildman–Crippen LogP) is 4.14. The Morgan fingerprint density at radius 1 is 0.839 bits per heavy atom. The third-order valence-corrected chi connectivity index (χ3v) is 4.54. The SMILES string of the molecule is O=[N+]([O-])c1ccc(N/N=C(/c2ccccc2)c2ccc3c(c2)OCCO3)c([N+](=O)[O-])c1. The highest BCUT2D eigenvalue weighted by molar-refractivity contribution is 6.13. The molecule has 0 spiro atoms. The summed E-state index contributed by atoms with van der Waals surface area (Å²) in [7, 11) is 0. The van der Waals surface area contributed by atoms with Gasteiger partial charge in [0.15, 0.2) is 11.5 Å². The summed E-state index contributed by atoms with van der Waals surface area (Å²) in [5.74, 6) is 1.20. The number of nitrogens with one attached hydrogen (secondary N) is 1. The van der Waals surface area contributed by atoms with Crippen LogP contribution in [-0.4, -0.2) is 28.8 Å². The van der Waals surface area contributed by atoms with Crippen LogP contribution in [-0.2, 0) is 0 Å². The van der Waals surface area contributed by atoms with Crippen LogP contribution in [0.3, 0.4) is 0 Å². The van der Waals surface area contributed by atoms with Gasteiger partial charge in [0.25, 0.3) is 5.69 Å². The third-order valence-electron chi connectivity index (χ3n) is 4.54. The maximum Gasteiger partial charge on any atom is 0.301 e. The fraction of sp³-hybridized carbons (Fsp3) is 0.0952. The second-order valence-corrected chi connectivity index (χ2v) is 6.51. The zero-order valence-electron chi connectivity index (χ0n) is 16.1. The first-order valence-electron chi connectivity index (χ1n) is 9.25. The number of ether oxygens (including phenoxy) is 2. The first-order valence-corrected chi connectivity index (χ1v) is 9.25. The zero-order valence-corrected chi connectivity index (χ0v) is 16.1. The Labute approximate surface area is 176 Å². The van der Waals surface area contributed by atoms with Crippen LogP contribution in [0.15, 0.2) is 71.8 Å². The molecule has 1 heterocycles. The summed E-state index contributed by atoms with van der Waals surface area (Å²) in [4.78, 5) is 21.0. The number of fused-ring (bicyclic) bond motifs is 1. The van der Waals surface area contributed by atoms with Crippen molar-refractivity contribution in [1.29, 1.82) is 0 Å². The largest absolute Gasteiger partial charge is 0.486 e. The summed E-state index contributed by atoms with van der Waals surface area (Å²) in [5, 5.41) is 26.8. The summed E-state index contributed by atoms with van der Waals surface area (Å²) in [6, 6.07) is 17.9. The van der Waals surface area contributed by atoms with Gasteiger partial charge < -0.3 is 9.47 Å². The second kappa shape index (κ2) is 8.49. The molecule has 4 rings (SSSR count). The number of nitro benzene ring substituents is 2. The molecule has 0 bridgehead atoms. The molecule has 0 aromatic heterocycles. The number of nitrogens with zero attached hydrogens (tertiary/aromatic N) is 3. The number of nitro groups is 2. The molecule has 31 heavy (non-hydrogen) atoms. The number of hydrogen-bond donors (Lipinski definition) is 1. The highest BCUT2D eigenvalue weighted by atomic mass is 16.6. The molecule has 10 heteroatoms. The van der Waals surface area contributed by atoms with Crippen LogP contribution >= 0.6 is 0 Å². The van der Waals surface area contributed by atoms with Crippen molar-refractivity contribution in [2.75, 3.05) is 18.6 Å². The summed E-state index contributed by atoms with van der Waals surface area (Å²) in [6.07, 6.45) is 0. The molecule has 3 aromatic carbocycles. The van der Waals surface area contributed by atoms with Crippen LogP contribution in [0, 0.1) is 20.2 Å². The maximum absolute atomic E-state index is 11.4. The zero-order chi connectivity index (χ0) is 21.8. The Morgan fingerprint density at radius 2 is 1.58 bits per heavy atom. The van der Waals surface area contributed by atoms with Crippen LogP contribution in [0.1, 0.15) is 11.1 Å². The van der Waals surface area contributed by atoms with Crippen LogP contribution in [0.4, 0.5) is 17.1 Å². The van der Waals surface area contributed by atoms with Gasteiger partial charge in [0, 0.05) is 17.2 Å². The van der Waals surface area contributed by atoms with E-state index in [4.69, 9.17) is 9.47 Å². The highest BCUT2D eigenvalue weighted by Gasteiger charge is 2.20. The van der Waals surface area contributed by atoms with Crippen LogP contribution < -0.4 is 14.9 Å². The smallest absolute Gasteiger partial charge is 0.301 e. The van der Waals surface area contributed by atoms with Crippen molar-refractivity contribution < 1.29 is 19.3 Å². The fourth-order valence-corrected chi connectivity index (χ4v) is 3.08. The summed E-state index contributed by atoms with van der Waals surface area (Å²) in [5.41, 5.74) is 3.86. The van der Waals surface area contributed by atoms with E-state index in [9.17, 15) is 20.2 Å². The van der Waals surface area contributed by atoms with Gasteiger partial charge in [0.1, 0.15) is 18.9 Å². The number of hydrazone groups is 1. The second-order valence-electron chi connectivity index (χ2n) is 6.51. The number of hydrogen-bond acceptors (Lipinski definition) is 8. The lowest BCUT2D eigenvalue weighted by molar-refractivity contribution is -0.393. The molecule has 3 aromatic rings. The van der Waals surface area contributed by atoms with E-state index in [2.05, 4.69) is 10.5 Å². The van der Waals surface area contributed by atoms with Crippen LogP contribution in [0.25, 0.3) is 0 Å². The normalized spacial score (nSPS) is 12.8. The minimum absolute atomic E-state index is 0.0292. The third kappa shape index (κ3) is 4.27. The predicted molar refractivity (Wildman–Crippen MR) is 113 cm³/mol. The summed E-state index contributed by atoms with van der Waals surface area (Å²) < 4.78 is 11.2. The molecule has 10 nitrogen and oxygen atoms in total. The Morgan fingerprint density at radius 3 is 2.29 bits per heavy atom. The average molecular weight is 420 g/mol. The van der Waals surface area contributed by atoms with E-state index in [1.54, 1.807) is 12.1 Å². The lowest BCUT2D eigenvalue weighted by atomic mass is 10.0. The van der Waals surface area contributed by atoms with Crippen molar-refractivity contribution in [2.45, 2.75) is 0 Å². The first kappa shape index (κ1) is 19.8. The Balaban J connectivity index is 1.75. The Hall–Kier alpha value is -4.47. The molecule has 1 aliphatic rings. The number of rotatable bonds is 6. The van der Waals surface area contributed by atoms with E-state index >= 15 is 0 Å². The van der Waals surface area contributed by atoms with E-state index in [-0.39, 0.29) is 11.4 Å². The van der Waals surface area contributed by atoms with E-state index in [0.29, 0.717) is 36.0 Å². The summed E-state index contributed by atoms with van der Waals surface area (Å²) in [6.45, 7) is 0.902. The molecule has 0 saturated carbocycles. The maximum atomic E-state index is 11.4. The minimum Gasteiger partial charge on any atom is -0.486 e. The quantitative estimate of drug-likeness (QED) is 0.360. The van der Waals surface area contributed by atoms with Gasteiger partial charge in [-0.25, -0.2) is 0 Å². The molecule has 0 radical (unpaired) electrons. The molecular weight excluding hydrogens is 404 g/mol. The van der Waals surface area contributed by atoms with Crippen molar-refractivity contribution in [2.24, 2.45) is 5.10 Å². The summed E-state index contributed by atoms with van der Waals surface area (Å²) >= 11 is 0. The number of benzene rings is 3. The Bertz CT molecular complexity index is 1180. The van der Waals surface area contributed by atoms with Gasteiger partial charge in [0.05, 0.1) is 21.6 Å². The standard InChI is InChI=1S/C21H16N4O6/c26-24(27)16-7-8-17(18(13-16)25(28)29)22-23-21(14-4-2-1-3-5-14)15-6-9-19-20(12-15)31-11-10-30-19/h1-9,12-13,22H,10-11H2/b23-21-. The van der Waals surface area contributed by atoms with Gasteiger partial charge in [-0.05, 0) is 24.3 Å². The van der Waals surface area contributed by atoms with Crippen LogP contribution in [0.5, 0.6) is 11.5 Å². The van der Waals surface area contributed by atoms with Gasteiger partial charge in [-0.15, -0.1) is 0 Å². The fourth-order valence-electron chi connectivity index (χ4n) is 3.08. The molecule has 1 aliphatic heterocycles. The average Bonchev–Trinajstić information content (AvgIpc) is 2.79. The molecule has 0 aliphatic carbocycles. The van der Waals surface area contributed by atoms with Crippen molar-refractivity contribution in [3.63, 3.8) is 0 Å². The van der Waals surface area contributed by atoms with E-state index < -0.39 is 15.5 Å². The molecule has 0 unspecified atom stereocenters. The number of anilines is 1. The number of non-ortho nitro benzene ring substituents is 1. The van der Waals surface area contributed by atoms with Crippen molar-refractivity contribution in [1.82, 2.24) is 0 Å². The first-order chi connectivity index (χ1) is 15.0. The highest BCUT2D eigenvalue weighted by Crippen LogP contribution is 2.32. The van der Waals surface area contributed by atoms with Gasteiger partial charge in [-0.2, -0.15) is 5.10 Å². The Kier molecular flexibility index (Phi) is 5.43. The van der Waals surface area contributed by atoms with E-state index in [1.807, 2.05) is 36.4 Å². The molecule has 156 valence electrons. The molecule has 0 atom stereocenters. The van der Waals surface area contributed by atoms with Gasteiger partial charge in [-0.3, -0.25) is 25.7 Å². The molecular formula is C21H16N4O6.